The number of aromatic nitrogens is 2. The van der Waals surface area contributed by atoms with E-state index < -0.39 is 11.8 Å². The molecule has 3 rings (SSSR count). The maximum Gasteiger partial charge on any atom is 0.323 e. The smallest absolute Gasteiger partial charge is 0.323 e. The molecule has 0 radical (unpaired) electrons. The molecule has 0 fully saturated rings. The lowest BCUT2D eigenvalue weighted by atomic mass is 10.1. The van der Waals surface area contributed by atoms with Gasteiger partial charge in [-0.05, 0) is 56.9 Å². The maximum atomic E-state index is 13.8. The molecule has 1 aromatic heterocycles. The minimum Gasteiger partial charge on any atom is -0.493 e. The number of para-hydroxylation sites is 1. The fraction of sp³-hybridized carbons (Fsp3) is 0.273. The molecule has 30 heavy (non-hydrogen) atoms. The number of hydrogen-bond donors (Lipinski definition) is 2. The number of hydrogen-bond acceptors (Lipinski definition) is 4. The monoisotopic (exact) mass is 411 g/mol. The number of ether oxygens (including phenoxy) is 1. The molecule has 2 N–H and O–H groups in total. The molecule has 7 nitrogen and oxygen atoms in total. The van der Waals surface area contributed by atoms with Gasteiger partial charge in [-0.15, -0.1) is 0 Å². The standard InChI is InChI=1S/C22H26FN5O2/c1-27(2)13-6-14-30-21-10-9-16(15-17(21)20-11-12-24-28(20)3)25-22(29)26-19-8-5-4-7-18(19)23/h4-5,7-12,15H,6,13-14H2,1-3H3,(H2,25,26,29). The number of carbonyl (C=O) groups is 1. The van der Waals surface area contributed by atoms with Gasteiger partial charge < -0.3 is 20.3 Å². The number of urea groups is 1. The van der Waals surface area contributed by atoms with E-state index in [-0.39, 0.29) is 5.69 Å². The summed E-state index contributed by atoms with van der Waals surface area (Å²) in [7, 11) is 5.89. The molecule has 0 spiro atoms. The first-order chi connectivity index (χ1) is 14.4. The number of nitrogens with one attached hydrogen (secondary N) is 2. The molecule has 0 saturated carbocycles. The highest BCUT2D eigenvalue weighted by atomic mass is 19.1. The Labute approximate surface area is 175 Å². The van der Waals surface area contributed by atoms with Crippen molar-refractivity contribution in [2.45, 2.75) is 6.42 Å². The lowest BCUT2D eigenvalue weighted by molar-refractivity contribution is 0.262. The van der Waals surface area contributed by atoms with Gasteiger partial charge >= 0.3 is 6.03 Å². The van der Waals surface area contributed by atoms with Crippen LogP contribution in [0, 0.1) is 5.82 Å². The topological polar surface area (TPSA) is 71.4 Å². The summed E-state index contributed by atoms with van der Waals surface area (Å²) in [5, 5.41) is 9.48. The Bertz CT molecular complexity index is 1000. The second-order valence-corrected chi connectivity index (χ2v) is 7.12. The molecule has 0 atom stereocenters. The van der Waals surface area contributed by atoms with Crippen LogP contribution in [0.5, 0.6) is 5.75 Å². The van der Waals surface area contributed by atoms with Crippen LogP contribution in [0.3, 0.4) is 0 Å². The van der Waals surface area contributed by atoms with Gasteiger partial charge in [0.05, 0.1) is 18.0 Å². The Kier molecular flexibility index (Phi) is 7.03. The number of aryl methyl sites for hydroxylation is 1. The Morgan fingerprint density at radius 3 is 2.67 bits per heavy atom. The van der Waals surface area contributed by atoms with E-state index in [1.807, 2.05) is 39.3 Å². The molecular weight excluding hydrogens is 385 g/mol. The summed E-state index contributed by atoms with van der Waals surface area (Å²) in [6.45, 7) is 1.50. The number of amides is 2. The number of halogens is 1. The van der Waals surface area contributed by atoms with E-state index in [1.165, 1.54) is 12.1 Å². The van der Waals surface area contributed by atoms with Gasteiger partial charge in [0.25, 0.3) is 0 Å². The molecule has 2 amide bonds. The fourth-order valence-electron chi connectivity index (χ4n) is 2.98. The average molecular weight is 411 g/mol. The molecule has 8 heteroatoms. The van der Waals surface area contributed by atoms with Crippen molar-refractivity contribution in [1.29, 1.82) is 0 Å². The summed E-state index contributed by atoms with van der Waals surface area (Å²) >= 11 is 0. The van der Waals surface area contributed by atoms with Crippen LogP contribution in [0.25, 0.3) is 11.3 Å². The van der Waals surface area contributed by atoms with E-state index in [1.54, 1.807) is 29.1 Å². The molecule has 0 aliphatic rings. The van der Waals surface area contributed by atoms with Crippen molar-refractivity contribution in [3.8, 4) is 17.0 Å². The number of carbonyl (C=O) groups excluding carboxylic acids is 1. The zero-order valence-electron chi connectivity index (χ0n) is 17.4. The van der Waals surface area contributed by atoms with Crippen LogP contribution < -0.4 is 15.4 Å². The van der Waals surface area contributed by atoms with Crippen molar-refractivity contribution < 1.29 is 13.9 Å². The van der Waals surface area contributed by atoms with E-state index >= 15 is 0 Å². The summed E-state index contributed by atoms with van der Waals surface area (Å²) in [5.74, 6) is 0.210. The Balaban J connectivity index is 1.76. The van der Waals surface area contributed by atoms with Gasteiger partial charge in [0.1, 0.15) is 11.6 Å². The highest BCUT2D eigenvalue weighted by Crippen LogP contribution is 2.32. The van der Waals surface area contributed by atoms with Crippen molar-refractivity contribution in [2.75, 3.05) is 37.9 Å². The summed E-state index contributed by atoms with van der Waals surface area (Å²) in [5.41, 5.74) is 2.34. The van der Waals surface area contributed by atoms with Crippen LogP contribution in [-0.4, -0.2) is 48.0 Å². The highest BCUT2D eigenvalue weighted by Gasteiger charge is 2.13. The summed E-state index contributed by atoms with van der Waals surface area (Å²) in [6, 6.07) is 12.7. The van der Waals surface area contributed by atoms with E-state index in [0.29, 0.717) is 18.0 Å². The van der Waals surface area contributed by atoms with E-state index in [4.69, 9.17) is 4.74 Å². The molecule has 158 valence electrons. The Morgan fingerprint density at radius 2 is 1.97 bits per heavy atom. The van der Waals surface area contributed by atoms with Gasteiger partial charge in [-0.2, -0.15) is 5.10 Å². The largest absolute Gasteiger partial charge is 0.493 e. The van der Waals surface area contributed by atoms with Crippen molar-refractivity contribution in [2.24, 2.45) is 7.05 Å². The predicted molar refractivity (Wildman–Crippen MR) is 116 cm³/mol. The zero-order chi connectivity index (χ0) is 21.5. The first-order valence-electron chi connectivity index (χ1n) is 9.66. The summed E-state index contributed by atoms with van der Waals surface area (Å²) < 4.78 is 21.5. The summed E-state index contributed by atoms with van der Waals surface area (Å²) in [4.78, 5) is 14.4. The van der Waals surface area contributed by atoms with Crippen LogP contribution in [0.1, 0.15) is 6.42 Å². The molecule has 0 aliphatic carbocycles. The van der Waals surface area contributed by atoms with Crippen LogP contribution >= 0.6 is 0 Å². The lowest BCUT2D eigenvalue weighted by Gasteiger charge is -2.15. The minimum atomic E-state index is -0.532. The molecular formula is C22H26FN5O2. The maximum absolute atomic E-state index is 13.8. The van der Waals surface area contributed by atoms with Crippen LogP contribution in [0.15, 0.2) is 54.7 Å². The highest BCUT2D eigenvalue weighted by molar-refractivity contribution is 6.00. The number of anilines is 2. The molecule has 0 bridgehead atoms. The average Bonchev–Trinajstić information content (AvgIpc) is 3.13. The summed E-state index contributed by atoms with van der Waals surface area (Å²) in [6.07, 6.45) is 2.60. The van der Waals surface area contributed by atoms with Crippen LogP contribution in [0.4, 0.5) is 20.6 Å². The third-order valence-corrected chi connectivity index (χ3v) is 4.46. The van der Waals surface area contributed by atoms with Gasteiger partial charge in [-0.25, -0.2) is 9.18 Å². The molecule has 1 heterocycles. The predicted octanol–water partition coefficient (Wildman–Crippen LogP) is 4.20. The van der Waals surface area contributed by atoms with Crippen molar-refractivity contribution in [3.63, 3.8) is 0 Å². The second kappa shape index (κ2) is 9.89. The van der Waals surface area contributed by atoms with Crippen LogP contribution in [0.2, 0.25) is 0 Å². The SMILES string of the molecule is CN(C)CCCOc1ccc(NC(=O)Nc2ccccc2F)cc1-c1ccnn1C. The zero-order valence-corrected chi connectivity index (χ0v) is 17.4. The minimum absolute atomic E-state index is 0.114. The first-order valence-corrected chi connectivity index (χ1v) is 9.66. The van der Waals surface area contributed by atoms with Gasteiger partial charge in [0, 0.05) is 31.0 Å². The van der Waals surface area contributed by atoms with Crippen LogP contribution in [-0.2, 0) is 7.05 Å². The van der Waals surface area contributed by atoms with E-state index in [9.17, 15) is 9.18 Å². The Morgan fingerprint density at radius 1 is 1.17 bits per heavy atom. The quantitative estimate of drug-likeness (QED) is 0.545. The fourth-order valence-corrected chi connectivity index (χ4v) is 2.98. The molecule has 0 aliphatic heterocycles. The Hall–Kier alpha value is -3.39. The number of benzene rings is 2. The molecule has 3 aromatic rings. The van der Waals surface area contributed by atoms with Gasteiger partial charge in [-0.3, -0.25) is 4.68 Å². The van der Waals surface area contributed by atoms with Gasteiger partial charge in [0.2, 0.25) is 0 Å². The molecule has 2 aromatic carbocycles. The van der Waals surface area contributed by atoms with Crippen molar-refractivity contribution in [3.05, 3.63) is 60.5 Å². The molecule has 0 unspecified atom stereocenters. The van der Waals surface area contributed by atoms with Crippen molar-refractivity contribution in [1.82, 2.24) is 14.7 Å². The lowest BCUT2D eigenvalue weighted by Crippen LogP contribution is -2.20. The van der Waals surface area contributed by atoms with E-state index in [0.717, 1.165) is 24.2 Å². The third kappa shape index (κ3) is 5.57. The molecule has 0 saturated heterocycles. The van der Waals surface area contributed by atoms with Gasteiger partial charge in [0.15, 0.2) is 0 Å². The van der Waals surface area contributed by atoms with Gasteiger partial charge in [-0.1, -0.05) is 12.1 Å². The normalized spacial score (nSPS) is 10.8. The number of rotatable bonds is 8. The number of nitrogens with zero attached hydrogens (tertiary/aromatic N) is 3. The second-order valence-electron chi connectivity index (χ2n) is 7.12. The first kappa shape index (κ1) is 21.3. The van der Waals surface area contributed by atoms with E-state index in [2.05, 4.69) is 20.6 Å². The third-order valence-electron chi connectivity index (χ3n) is 4.46. The van der Waals surface area contributed by atoms with Crippen molar-refractivity contribution >= 4 is 17.4 Å².